The third-order valence-electron chi connectivity index (χ3n) is 1.41. The Labute approximate surface area is 79.5 Å². The van der Waals surface area contributed by atoms with Gasteiger partial charge in [-0.25, -0.2) is 0 Å². The van der Waals surface area contributed by atoms with E-state index in [4.69, 9.17) is 22.1 Å². The summed E-state index contributed by atoms with van der Waals surface area (Å²) in [6.45, 7) is 0. The van der Waals surface area contributed by atoms with Crippen LogP contribution in [0.2, 0.25) is 0 Å². The van der Waals surface area contributed by atoms with Crippen molar-refractivity contribution in [3.05, 3.63) is 29.8 Å². The van der Waals surface area contributed by atoms with E-state index in [2.05, 4.69) is 0 Å². The second-order valence-electron chi connectivity index (χ2n) is 2.22. The van der Waals surface area contributed by atoms with Crippen LogP contribution in [0.25, 0.3) is 0 Å². The molecule has 1 N–H and O–H groups in total. The molecule has 0 aliphatic carbocycles. The molecule has 0 aromatic heterocycles. The van der Waals surface area contributed by atoms with Gasteiger partial charge in [-0.1, -0.05) is 0 Å². The second-order valence-corrected chi connectivity index (χ2v) is 2.55. The Morgan fingerprint density at radius 1 is 1.46 bits per heavy atom. The van der Waals surface area contributed by atoms with Crippen molar-refractivity contribution in [1.29, 1.82) is 5.26 Å². The molecule has 1 aromatic carbocycles. The van der Waals surface area contributed by atoms with Crippen molar-refractivity contribution in [3.8, 4) is 6.07 Å². The van der Waals surface area contributed by atoms with Gasteiger partial charge in [0.2, 0.25) is 0 Å². The molecule has 0 spiro atoms. The van der Waals surface area contributed by atoms with E-state index in [-0.39, 0.29) is 5.69 Å². The summed E-state index contributed by atoms with van der Waals surface area (Å²) < 4.78 is 0. The number of nitrogens with zero attached hydrogens (tertiary/aromatic N) is 2. The molecule has 0 heterocycles. The van der Waals surface area contributed by atoms with Crippen molar-refractivity contribution in [1.82, 2.24) is 0 Å². The second kappa shape index (κ2) is 3.90. The van der Waals surface area contributed by atoms with Crippen molar-refractivity contribution in [2.75, 3.05) is 5.06 Å². The lowest BCUT2D eigenvalue weighted by atomic mass is 10.2. The number of anilines is 1. The maximum Gasteiger partial charge on any atom is 0.344 e. The van der Waals surface area contributed by atoms with Crippen LogP contribution in [0.5, 0.6) is 0 Å². The maximum absolute atomic E-state index is 10.5. The van der Waals surface area contributed by atoms with E-state index in [9.17, 15) is 4.79 Å². The largest absolute Gasteiger partial charge is 0.344 e. The molecular weight excluding hydrogens is 192 g/mol. The molecule has 0 saturated carbocycles. The normalized spacial score (nSPS) is 9.00. The average molecular weight is 197 g/mol. The Bertz CT molecular complexity index is 355. The van der Waals surface area contributed by atoms with Crippen LogP contribution >= 0.6 is 11.6 Å². The molecular formula is C8H5ClN2O2. The van der Waals surface area contributed by atoms with Crippen molar-refractivity contribution in [2.24, 2.45) is 0 Å². The third kappa shape index (κ3) is 2.18. The van der Waals surface area contributed by atoms with Gasteiger partial charge in [0.1, 0.15) is 0 Å². The highest BCUT2D eigenvalue weighted by Gasteiger charge is 2.08. The zero-order valence-electron chi connectivity index (χ0n) is 6.44. The number of nitriles is 1. The van der Waals surface area contributed by atoms with Gasteiger partial charge in [-0.2, -0.15) is 10.3 Å². The predicted molar refractivity (Wildman–Crippen MR) is 46.7 cm³/mol. The lowest BCUT2D eigenvalue weighted by Crippen LogP contribution is -2.20. The SMILES string of the molecule is N#Cc1ccc(N(O)C(=O)Cl)cc1. The molecule has 0 radical (unpaired) electrons. The summed E-state index contributed by atoms with van der Waals surface area (Å²) in [5.74, 6) is 0. The van der Waals surface area contributed by atoms with E-state index in [0.717, 1.165) is 0 Å². The molecule has 4 nitrogen and oxygen atoms in total. The molecule has 0 bridgehead atoms. The Hall–Kier alpha value is -1.57. The molecule has 1 aromatic rings. The zero-order chi connectivity index (χ0) is 9.84. The summed E-state index contributed by atoms with van der Waals surface area (Å²) >= 11 is 5.01. The molecule has 1 amide bonds. The number of halogens is 1. The van der Waals surface area contributed by atoms with Gasteiger partial charge < -0.3 is 0 Å². The van der Waals surface area contributed by atoms with E-state index >= 15 is 0 Å². The zero-order valence-corrected chi connectivity index (χ0v) is 7.19. The van der Waals surface area contributed by atoms with E-state index in [1.165, 1.54) is 24.3 Å². The first-order valence-corrected chi connectivity index (χ1v) is 3.71. The first kappa shape index (κ1) is 9.52. The predicted octanol–water partition coefficient (Wildman–Crippen LogP) is 2.11. The van der Waals surface area contributed by atoms with Crippen molar-refractivity contribution < 1.29 is 10.0 Å². The highest BCUT2D eigenvalue weighted by Crippen LogP contribution is 2.14. The minimum absolute atomic E-state index is 0.221. The molecule has 0 unspecified atom stereocenters. The molecule has 1 rings (SSSR count). The summed E-state index contributed by atoms with van der Waals surface area (Å²) in [7, 11) is 0. The number of hydrogen-bond donors (Lipinski definition) is 1. The molecule has 0 atom stereocenters. The summed E-state index contributed by atoms with van der Waals surface area (Å²) in [6, 6.07) is 7.68. The van der Waals surface area contributed by atoms with Crippen LogP contribution in [0.4, 0.5) is 10.5 Å². The van der Waals surface area contributed by atoms with Gasteiger partial charge in [0, 0.05) is 0 Å². The Kier molecular flexibility index (Phi) is 2.85. The number of amides is 1. The topological polar surface area (TPSA) is 64.3 Å². The minimum atomic E-state index is -0.996. The van der Waals surface area contributed by atoms with Gasteiger partial charge in [-0.15, -0.1) is 0 Å². The van der Waals surface area contributed by atoms with Gasteiger partial charge in [0.15, 0.2) is 0 Å². The van der Waals surface area contributed by atoms with Gasteiger partial charge >= 0.3 is 5.37 Å². The van der Waals surface area contributed by atoms with Gasteiger partial charge in [-0.3, -0.25) is 10.0 Å². The van der Waals surface area contributed by atoms with E-state index < -0.39 is 5.37 Å². The Balaban J connectivity index is 2.93. The van der Waals surface area contributed by atoms with E-state index in [0.29, 0.717) is 10.6 Å². The molecule has 66 valence electrons. The Morgan fingerprint density at radius 2 is 2.00 bits per heavy atom. The van der Waals surface area contributed by atoms with Gasteiger partial charge in [0.25, 0.3) is 0 Å². The van der Waals surface area contributed by atoms with Crippen LogP contribution in [-0.4, -0.2) is 10.6 Å². The smallest absolute Gasteiger partial charge is 0.280 e. The molecule has 0 fully saturated rings. The molecule has 13 heavy (non-hydrogen) atoms. The molecule has 0 aliphatic heterocycles. The number of rotatable bonds is 1. The lowest BCUT2D eigenvalue weighted by molar-refractivity contribution is 0.224. The van der Waals surface area contributed by atoms with Crippen LogP contribution in [0.1, 0.15) is 5.56 Å². The van der Waals surface area contributed by atoms with Crippen molar-refractivity contribution in [3.63, 3.8) is 0 Å². The fourth-order valence-corrected chi connectivity index (χ4v) is 0.876. The van der Waals surface area contributed by atoms with E-state index in [1.807, 2.05) is 6.07 Å². The van der Waals surface area contributed by atoms with Crippen LogP contribution in [-0.2, 0) is 0 Å². The fraction of sp³-hybridized carbons (Fsp3) is 0. The average Bonchev–Trinajstić information content (AvgIpc) is 2.17. The highest BCUT2D eigenvalue weighted by atomic mass is 35.5. The maximum atomic E-state index is 10.5. The first-order valence-electron chi connectivity index (χ1n) is 3.34. The number of hydrogen-bond acceptors (Lipinski definition) is 3. The lowest BCUT2D eigenvalue weighted by Gasteiger charge is -2.09. The minimum Gasteiger partial charge on any atom is -0.280 e. The number of benzene rings is 1. The van der Waals surface area contributed by atoms with Crippen molar-refractivity contribution >= 4 is 22.7 Å². The van der Waals surface area contributed by atoms with Crippen LogP contribution < -0.4 is 5.06 Å². The van der Waals surface area contributed by atoms with Gasteiger partial charge in [0.05, 0.1) is 17.3 Å². The molecule has 5 heteroatoms. The van der Waals surface area contributed by atoms with Gasteiger partial charge in [-0.05, 0) is 35.9 Å². The number of hydroxylamine groups is 1. The molecule has 0 saturated heterocycles. The Morgan fingerprint density at radius 3 is 2.38 bits per heavy atom. The quantitative estimate of drug-likeness (QED) is 0.324. The van der Waals surface area contributed by atoms with Crippen LogP contribution in [0, 0.1) is 11.3 Å². The van der Waals surface area contributed by atoms with Crippen LogP contribution in [0.15, 0.2) is 24.3 Å². The summed E-state index contributed by atoms with van der Waals surface area (Å²) in [5, 5.41) is 16.8. The fourth-order valence-electron chi connectivity index (χ4n) is 0.779. The third-order valence-corrected chi connectivity index (χ3v) is 1.57. The monoisotopic (exact) mass is 196 g/mol. The number of carbonyl (C=O) groups is 1. The summed E-state index contributed by atoms with van der Waals surface area (Å²) in [4.78, 5) is 10.5. The van der Waals surface area contributed by atoms with Crippen LogP contribution in [0.3, 0.4) is 0 Å². The molecule has 0 aliphatic rings. The summed E-state index contributed by atoms with van der Waals surface area (Å²) in [5.41, 5.74) is 0.665. The number of carbonyl (C=O) groups excluding carboxylic acids is 1. The standard InChI is InChI=1S/C8H5ClN2O2/c9-8(12)11(13)7-3-1-6(5-10)2-4-7/h1-4,13H. The summed E-state index contributed by atoms with van der Waals surface area (Å²) in [6.07, 6.45) is 0. The highest BCUT2D eigenvalue weighted by molar-refractivity contribution is 6.65. The first-order chi connectivity index (χ1) is 6.15. The van der Waals surface area contributed by atoms with E-state index in [1.54, 1.807) is 0 Å². The van der Waals surface area contributed by atoms with Crippen molar-refractivity contribution in [2.45, 2.75) is 0 Å².